The van der Waals surface area contributed by atoms with Crippen LogP contribution in [0.2, 0.25) is 0 Å². The summed E-state index contributed by atoms with van der Waals surface area (Å²) in [6, 6.07) is 21.6. The fourth-order valence-electron chi connectivity index (χ4n) is 2.56. The van der Waals surface area contributed by atoms with Crippen molar-refractivity contribution in [3.63, 3.8) is 0 Å². The number of benzene rings is 2. The van der Waals surface area contributed by atoms with Crippen LogP contribution in [-0.4, -0.2) is 10.8 Å². The molecule has 0 aliphatic heterocycles. The van der Waals surface area contributed by atoms with Crippen LogP contribution in [-0.2, 0) is 0 Å². The Hall–Kier alpha value is -2.39. The quantitative estimate of drug-likeness (QED) is 0.458. The highest BCUT2D eigenvalue weighted by atomic mass is 32.2. The molecule has 0 aliphatic rings. The first-order valence-electron chi connectivity index (χ1n) is 7.93. The molecule has 0 amide bonds. The molecule has 3 rings (SSSR count). The molecule has 0 saturated carbocycles. The molecule has 0 radical (unpaired) electrons. The third-order valence-corrected chi connectivity index (χ3v) is 5.03. The molecule has 1 unspecified atom stereocenters. The van der Waals surface area contributed by atoms with Crippen molar-refractivity contribution in [1.29, 1.82) is 0 Å². The monoisotopic (exact) mass is 333 g/mol. The number of hydrogen-bond donors (Lipinski definition) is 0. The molecule has 1 atom stereocenters. The van der Waals surface area contributed by atoms with Crippen molar-refractivity contribution in [2.24, 2.45) is 0 Å². The molecule has 1 aromatic heterocycles. The molecule has 2 nitrogen and oxygen atoms in total. The zero-order valence-electron chi connectivity index (χ0n) is 13.8. The number of aryl methyl sites for hydroxylation is 1. The van der Waals surface area contributed by atoms with Gasteiger partial charge in [-0.3, -0.25) is 4.79 Å². The summed E-state index contributed by atoms with van der Waals surface area (Å²) in [5.41, 5.74) is 3.67. The van der Waals surface area contributed by atoms with Gasteiger partial charge in [-0.2, -0.15) is 0 Å². The molecule has 0 spiro atoms. The van der Waals surface area contributed by atoms with Crippen LogP contribution in [0.1, 0.15) is 39.2 Å². The molecule has 3 aromatic rings. The van der Waals surface area contributed by atoms with Crippen LogP contribution in [0.15, 0.2) is 78.0 Å². The van der Waals surface area contributed by atoms with Gasteiger partial charge in [0.25, 0.3) is 0 Å². The van der Waals surface area contributed by atoms with E-state index in [1.54, 1.807) is 18.0 Å². The number of pyridine rings is 1. The first-order valence-corrected chi connectivity index (χ1v) is 8.81. The highest BCUT2D eigenvalue weighted by Crippen LogP contribution is 2.35. The lowest BCUT2D eigenvalue weighted by molar-refractivity contribution is 0.103. The zero-order valence-corrected chi connectivity index (χ0v) is 14.6. The maximum atomic E-state index is 12.9. The van der Waals surface area contributed by atoms with Crippen molar-refractivity contribution in [3.8, 4) is 0 Å². The summed E-state index contributed by atoms with van der Waals surface area (Å²) in [6.45, 7) is 4.13. The second-order valence-electron chi connectivity index (χ2n) is 5.73. The summed E-state index contributed by atoms with van der Waals surface area (Å²) in [4.78, 5) is 17.3. The highest BCUT2D eigenvalue weighted by molar-refractivity contribution is 7.99. The summed E-state index contributed by atoms with van der Waals surface area (Å²) in [5.74, 6) is 0.0227. The topological polar surface area (TPSA) is 30.0 Å². The van der Waals surface area contributed by atoms with Crippen molar-refractivity contribution in [2.75, 3.05) is 0 Å². The van der Waals surface area contributed by atoms with Crippen LogP contribution >= 0.6 is 11.8 Å². The number of hydrogen-bond acceptors (Lipinski definition) is 3. The van der Waals surface area contributed by atoms with E-state index in [0.29, 0.717) is 11.1 Å². The molecule has 24 heavy (non-hydrogen) atoms. The van der Waals surface area contributed by atoms with Gasteiger partial charge < -0.3 is 0 Å². The van der Waals surface area contributed by atoms with Crippen molar-refractivity contribution < 1.29 is 4.79 Å². The first-order chi connectivity index (χ1) is 11.6. The molecule has 1 heterocycles. The van der Waals surface area contributed by atoms with Crippen LogP contribution in [0.4, 0.5) is 0 Å². The van der Waals surface area contributed by atoms with Crippen LogP contribution in [0.5, 0.6) is 0 Å². The Bertz CT molecular complexity index is 845. The van der Waals surface area contributed by atoms with E-state index in [0.717, 1.165) is 10.6 Å². The Balaban J connectivity index is 1.89. The predicted molar refractivity (Wildman–Crippen MR) is 99.6 cm³/mol. The molecule has 0 N–H and O–H groups in total. The van der Waals surface area contributed by atoms with Gasteiger partial charge in [0, 0.05) is 17.0 Å². The molecule has 120 valence electrons. The number of carbonyl (C=O) groups excluding carboxylic acids is 1. The predicted octanol–water partition coefficient (Wildman–Crippen LogP) is 5.47. The molecular formula is C21H19NOS. The van der Waals surface area contributed by atoms with Crippen molar-refractivity contribution in [1.82, 2.24) is 4.98 Å². The molecule has 0 bridgehead atoms. The van der Waals surface area contributed by atoms with Gasteiger partial charge in [0.05, 0.1) is 5.56 Å². The van der Waals surface area contributed by atoms with Crippen LogP contribution in [0, 0.1) is 6.92 Å². The molecule has 3 heteroatoms. The maximum Gasteiger partial charge on any atom is 0.195 e. The fourth-order valence-corrected chi connectivity index (χ4v) is 3.60. The van der Waals surface area contributed by atoms with Gasteiger partial charge in [-0.05, 0) is 37.6 Å². The van der Waals surface area contributed by atoms with Gasteiger partial charge in [-0.25, -0.2) is 4.98 Å². The number of carbonyl (C=O) groups is 1. The van der Waals surface area contributed by atoms with Gasteiger partial charge >= 0.3 is 0 Å². The summed E-state index contributed by atoms with van der Waals surface area (Å²) in [5, 5.41) is 1.01. The Morgan fingerprint density at radius 3 is 2.54 bits per heavy atom. The van der Waals surface area contributed by atoms with Crippen LogP contribution < -0.4 is 0 Å². The molecule has 0 aliphatic carbocycles. The molecule has 2 aromatic carbocycles. The number of ketones is 1. The van der Waals surface area contributed by atoms with Crippen molar-refractivity contribution >= 4 is 17.5 Å². The second kappa shape index (κ2) is 7.45. The zero-order chi connectivity index (χ0) is 16.9. The number of thioether (sulfide) groups is 1. The van der Waals surface area contributed by atoms with E-state index in [4.69, 9.17) is 0 Å². The second-order valence-corrected chi connectivity index (χ2v) is 7.05. The lowest BCUT2D eigenvalue weighted by Gasteiger charge is -2.13. The Morgan fingerprint density at radius 1 is 1.00 bits per heavy atom. The molecule has 0 fully saturated rings. The van der Waals surface area contributed by atoms with Gasteiger partial charge in [-0.15, -0.1) is 0 Å². The van der Waals surface area contributed by atoms with Crippen LogP contribution in [0.3, 0.4) is 0 Å². The largest absolute Gasteiger partial charge is 0.289 e. The van der Waals surface area contributed by atoms with Gasteiger partial charge in [0.1, 0.15) is 5.03 Å². The fraction of sp³-hybridized carbons (Fsp3) is 0.143. The number of rotatable bonds is 5. The Morgan fingerprint density at radius 2 is 1.79 bits per heavy atom. The minimum atomic E-state index is 0.0227. The molecule has 0 saturated heterocycles. The van der Waals surface area contributed by atoms with Crippen LogP contribution in [0.25, 0.3) is 0 Å². The lowest BCUT2D eigenvalue weighted by Crippen LogP contribution is -2.05. The Kier molecular flexibility index (Phi) is 5.11. The molecular weight excluding hydrogens is 314 g/mol. The van der Waals surface area contributed by atoms with Gasteiger partial charge in [-0.1, -0.05) is 65.9 Å². The van der Waals surface area contributed by atoms with E-state index in [-0.39, 0.29) is 11.0 Å². The third-order valence-electron chi connectivity index (χ3n) is 3.85. The average molecular weight is 333 g/mol. The van der Waals surface area contributed by atoms with Crippen molar-refractivity contribution in [3.05, 3.63) is 95.2 Å². The van der Waals surface area contributed by atoms with E-state index in [9.17, 15) is 4.79 Å². The summed E-state index contributed by atoms with van der Waals surface area (Å²) in [7, 11) is 0. The van der Waals surface area contributed by atoms with Crippen molar-refractivity contribution in [2.45, 2.75) is 24.1 Å². The summed E-state index contributed by atoms with van der Waals surface area (Å²) in [6.07, 6.45) is 1.74. The van der Waals surface area contributed by atoms with E-state index < -0.39 is 0 Å². The first kappa shape index (κ1) is 16.5. The van der Waals surface area contributed by atoms with E-state index in [1.165, 1.54) is 5.56 Å². The highest BCUT2D eigenvalue weighted by Gasteiger charge is 2.17. The minimum Gasteiger partial charge on any atom is -0.289 e. The lowest BCUT2D eigenvalue weighted by atomic mass is 10.0. The van der Waals surface area contributed by atoms with E-state index in [2.05, 4.69) is 24.0 Å². The van der Waals surface area contributed by atoms with Gasteiger partial charge in [0.2, 0.25) is 0 Å². The smallest absolute Gasteiger partial charge is 0.195 e. The third kappa shape index (κ3) is 3.74. The normalized spacial score (nSPS) is 11.9. The van der Waals surface area contributed by atoms with E-state index in [1.807, 2.05) is 61.5 Å². The standard InChI is InChI=1S/C21H19NOS/c1-15-8-6-11-18(14-15)20(23)19-12-7-13-22-21(19)24-16(2)17-9-4-3-5-10-17/h3-14,16H,1-2H3. The maximum absolute atomic E-state index is 12.9. The summed E-state index contributed by atoms with van der Waals surface area (Å²) < 4.78 is 0. The summed E-state index contributed by atoms with van der Waals surface area (Å²) >= 11 is 1.62. The minimum absolute atomic E-state index is 0.0227. The van der Waals surface area contributed by atoms with Gasteiger partial charge in [0.15, 0.2) is 5.78 Å². The van der Waals surface area contributed by atoms with E-state index >= 15 is 0 Å². The average Bonchev–Trinajstić information content (AvgIpc) is 2.62. The Labute approximate surface area is 147 Å². The SMILES string of the molecule is Cc1cccc(C(=O)c2cccnc2SC(C)c2ccccc2)c1. The number of nitrogens with zero attached hydrogens (tertiary/aromatic N) is 1. The number of aromatic nitrogens is 1.